The highest BCUT2D eigenvalue weighted by atomic mass is 16.1. The fourth-order valence-corrected chi connectivity index (χ4v) is 4.16. The molecular weight excluding hydrogens is 426 g/mol. The number of benzene rings is 1. The number of nitrogens with two attached hydrogens (primary N) is 1. The molecule has 4 N–H and O–H groups in total. The summed E-state index contributed by atoms with van der Waals surface area (Å²) in [5.74, 6) is 1.34. The lowest BCUT2D eigenvalue weighted by Crippen LogP contribution is -2.53. The molecule has 2 atom stereocenters. The Morgan fingerprint density at radius 3 is 2.82 bits per heavy atom. The molecule has 1 saturated heterocycles. The van der Waals surface area contributed by atoms with E-state index in [0.717, 1.165) is 30.1 Å². The van der Waals surface area contributed by atoms with Crippen molar-refractivity contribution in [3.8, 4) is 0 Å². The standard InChI is InChI=1S/C26H31N7O/c1-28-25(22-7-3-5-15-30-22)33-17-16-31-24(27)23(33)13-10-19-8-11-20(12-9-19)26(34)32-18-21-6-2-4-14-29-21/h2,4,6,8-14,16-17,22-23,30H,3,5,7,15,18H2,1H3,(H2,27,31)(H,32,34)/b13-10+,28-25?/t22-,23?/m0/s1. The molecule has 0 spiro atoms. The lowest BCUT2D eigenvalue weighted by molar-refractivity contribution is 0.0950. The van der Waals surface area contributed by atoms with Crippen LogP contribution in [0, 0.1) is 0 Å². The van der Waals surface area contributed by atoms with Crippen molar-refractivity contribution in [1.29, 1.82) is 0 Å². The maximum atomic E-state index is 12.5. The van der Waals surface area contributed by atoms with Crippen LogP contribution in [0.2, 0.25) is 0 Å². The zero-order valence-corrected chi connectivity index (χ0v) is 19.4. The smallest absolute Gasteiger partial charge is 0.251 e. The van der Waals surface area contributed by atoms with Crippen LogP contribution in [0.1, 0.15) is 40.9 Å². The van der Waals surface area contributed by atoms with Gasteiger partial charge in [-0.15, -0.1) is 0 Å². The maximum absolute atomic E-state index is 12.5. The van der Waals surface area contributed by atoms with E-state index in [2.05, 4.69) is 30.5 Å². The minimum atomic E-state index is -0.228. The predicted octanol–water partition coefficient (Wildman–Crippen LogP) is 2.71. The van der Waals surface area contributed by atoms with Crippen molar-refractivity contribution < 1.29 is 4.79 Å². The van der Waals surface area contributed by atoms with Gasteiger partial charge in [0.15, 0.2) is 0 Å². The van der Waals surface area contributed by atoms with E-state index in [1.54, 1.807) is 12.4 Å². The first-order valence-corrected chi connectivity index (χ1v) is 11.6. The van der Waals surface area contributed by atoms with Gasteiger partial charge in [0.25, 0.3) is 5.91 Å². The van der Waals surface area contributed by atoms with E-state index >= 15 is 0 Å². The van der Waals surface area contributed by atoms with Gasteiger partial charge in [-0.1, -0.05) is 36.8 Å². The Labute approximate surface area is 200 Å². The van der Waals surface area contributed by atoms with Crippen LogP contribution in [0.5, 0.6) is 0 Å². The summed E-state index contributed by atoms with van der Waals surface area (Å²) >= 11 is 0. The van der Waals surface area contributed by atoms with Gasteiger partial charge in [0.2, 0.25) is 0 Å². The minimum absolute atomic E-state index is 0.134. The lowest BCUT2D eigenvalue weighted by Gasteiger charge is -2.36. The van der Waals surface area contributed by atoms with Gasteiger partial charge in [-0.05, 0) is 49.2 Å². The number of pyridine rings is 1. The first kappa shape index (κ1) is 23.4. The second kappa shape index (κ2) is 11.4. The van der Waals surface area contributed by atoms with E-state index < -0.39 is 0 Å². The molecule has 4 rings (SSSR count). The summed E-state index contributed by atoms with van der Waals surface area (Å²) in [5.41, 5.74) is 8.66. The molecule has 2 aliphatic rings. The van der Waals surface area contributed by atoms with Crippen molar-refractivity contribution in [2.24, 2.45) is 15.7 Å². The average molecular weight is 458 g/mol. The van der Waals surface area contributed by atoms with Crippen LogP contribution in [0.3, 0.4) is 0 Å². The molecule has 1 aromatic carbocycles. The first-order chi connectivity index (χ1) is 16.7. The van der Waals surface area contributed by atoms with Crippen LogP contribution in [0.15, 0.2) is 77.1 Å². The number of piperidine rings is 1. The molecule has 8 nitrogen and oxygen atoms in total. The Morgan fingerprint density at radius 1 is 1.26 bits per heavy atom. The number of nitrogens with zero attached hydrogens (tertiary/aromatic N) is 4. The quantitative estimate of drug-likeness (QED) is 0.457. The number of carbonyl (C=O) groups is 1. The van der Waals surface area contributed by atoms with Gasteiger partial charge in [0.05, 0.1) is 18.3 Å². The molecule has 176 valence electrons. The molecule has 1 fully saturated rings. The van der Waals surface area contributed by atoms with Crippen molar-refractivity contribution in [2.75, 3.05) is 13.6 Å². The molecule has 0 radical (unpaired) electrons. The summed E-state index contributed by atoms with van der Waals surface area (Å²) in [6, 6.07) is 13.1. The third kappa shape index (κ3) is 5.77. The fourth-order valence-electron chi connectivity index (χ4n) is 4.16. The van der Waals surface area contributed by atoms with Crippen molar-refractivity contribution in [1.82, 2.24) is 20.5 Å². The van der Waals surface area contributed by atoms with Crippen molar-refractivity contribution in [2.45, 2.75) is 37.9 Å². The molecule has 8 heteroatoms. The van der Waals surface area contributed by atoms with E-state index in [9.17, 15) is 4.79 Å². The van der Waals surface area contributed by atoms with Crippen molar-refractivity contribution in [3.05, 3.63) is 84.0 Å². The normalized spacial score (nSPS) is 20.9. The molecule has 1 aromatic heterocycles. The second-order valence-electron chi connectivity index (χ2n) is 8.27. The molecule has 0 aliphatic carbocycles. The molecular formula is C26H31N7O. The Bertz CT molecular complexity index is 1080. The van der Waals surface area contributed by atoms with Crippen molar-refractivity contribution in [3.63, 3.8) is 0 Å². The van der Waals surface area contributed by atoms with E-state index in [-0.39, 0.29) is 18.0 Å². The largest absolute Gasteiger partial charge is 0.385 e. The van der Waals surface area contributed by atoms with Crippen LogP contribution < -0.4 is 16.4 Å². The average Bonchev–Trinajstić information content (AvgIpc) is 2.89. The van der Waals surface area contributed by atoms with Crippen LogP contribution in [-0.2, 0) is 6.54 Å². The number of aliphatic imine (C=N–C) groups is 2. The van der Waals surface area contributed by atoms with Gasteiger partial charge in [-0.2, -0.15) is 0 Å². The highest BCUT2D eigenvalue weighted by molar-refractivity contribution is 5.98. The summed E-state index contributed by atoms with van der Waals surface area (Å²) in [5, 5.41) is 6.46. The lowest BCUT2D eigenvalue weighted by atomic mass is 10.0. The molecule has 2 aromatic rings. The fraction of sp³-hybridized carbons (Fsp3) is 0.308. The number of amides is 1. The SMILES string of the molecule is CN=C([C@@H]1CCCCN1)N1C=CN=C(N)C1/C=C/c1ccc(C(=O)NCc2ccccn2)cc1. The van der Waals surface area contributed by atoms with Gasteiger partial charge in [0.1, 0.15) is 17.7 Å². The number of nitrogens with one attached hydrogen (secondary N) is 2. The highest BCUT2D eigenvalue weighted by Crippen LogP contribution is 2.18. The minimum Gasteiger partial charge on any atom is -0.385 e. The molecule has 3 heterocycles. The summed E-state index contributed by atoms with van der Waals surface area (Å²) in [4.78, 5) is 27.7. The van der Waals surface area contributed by atoms with Crippen molar-refractivity contribution >= 4 is 23.7 Å². The van der Waals surface area contributed by atoms with E-state index in [1.165, 1.54) is 12.8 Å². The first-order valence-electron chi connectivity index (χ1n) is 11.6. The number of hydrogen-bond donors (Lipinski definition) is 3. The summed E-state index contributed by atoms with van der Waals surface area (Å²) in [6.45, 7) is 1.38. The number of rotatable bonds is 6. The Morgan fingerprint density at radius 2 is 2.12 bits per heavy atom. The summed E-state index contributed by atoms with van der Waals surface area (Å²) in [6.07, 6.45) is 12.8. The van der Waals surface area contributed by atoms with Gasteiger partial charge >= 0.3 is 0 Å². The van der Waals surface area contributed by atoms with E-state index in [1.807, 2.05) is 67.9 Å². The van der Waals surface area contributed by atoms with Gasteiger partial charge in [-0.3, -0.25) is 14.8 Å². The zero-order valence-electron chi connectivity index (χ0n) is 19.4. The molecule has 2 aliphatic heterocycles. The third-order valence-corrected chi connectivity index (χ3v) is 5.97. The topological polar surface area (TPSA) is 108 Å². The van der Waals surface area contributed by atoms with Gasteiger partial charge in [-0.25, -0.2) is 4.99 Å². The summed E-state index contributed by atoms with van der Waals surface area (Å²) < 4.78 is 0. The van der Waals surface area contributed by atoms with Crippen LogP contribution in [0.25, 0.3) is 6.08 Å². The molecule has 1 amide bonds. The molecule has 0 saturated carbocycles. The van der Waals surface area contributed by atoms with E-state index in [4.69, 9.17) is 5.73 Å². The zero-order chi connectivity index (χ0) is 23.8. The van der Waals surface area contributed by atoms with Crippen LogP contribution in [-0.4, -0.2) is 53.1 Å². The second-order valence-corrected chi connectivity index (χ2v) is 8.27. The number of amidine groups is 2. The molecule has 34 heavy (non-hydrogen) atoms. The predicted molar refractivity (Wildman–Crippen MR) is 136 cm³/mol. The number of hydrogen-bond acceptors (Lipinski definition) is 6. The summed E-state index contributed by atoms with van der Waals surface area (Å²) in [7, 11) is 1.82. The maximum Gasteiger partial charge on any atom is 0.251 e. The monoisotopic (exact) mass is 457 g/mol. The van der Waals surface area contributed by atoms with Crippen LogP contribution >= 0.6 is 0 Å². The Hall–Kier alpha value is -3.78. The van der Waals surface area contributed by atoms with Crippen LogP contribution in [0.4, 0.5) is 0 Å². The third-order valence-electron chi connectivity index (χ3n) is 5.97. The highest BCUT2D eigenvalue weighted by Gasteiger charge is 2.29. The molecule has 1 unspecified atom stereocenters. The Kier molecular flexibility index (Phi) is 7.83. The number of aromatic nitrogens is 1. The number of carbonyl (C=O) groups excluding carboxylic acids is 1. The Balaban J connectivity index is 1.42. The molecule has 0 bridgehead atoms. The van der Waals surface area contributed by atoms with Gasteiger partial charge < -0.3 is 21.3 Å². The van der Waals surface area contributed by atoms with E-state index in [0.29, 0.717) is 17.9 Å². The van der Waals surface area contributed by atoms with Gasteiger partial charge in [0, 0.05) is 31.2 Å².